The first kappa shape index (κ1) is 10.4. The topological polar surface area (TPSA) is 90.1 Å². The monoisotopic (exact) mass is 199 g/mol. The molecule has 3 N–H and O–H groups in total. The summed E-state index contributed by atoms with van der Waals surface area (Å²) >= 11 is 0. The Balaban J connectivity index is 3.10. The van der Waals surface area contributed by atoms with Gasteiger partial charge in [0.1, 0.15) is 5.69 Å². The number of H-pyrrole nitrogens is 1. The Morgan fingerprint density at radius 2 is 2.21 bits per heavy atom. The predicted octanol–water partition coefficient (Wildman–Crippen LogP) is -0.0448. The molecule has 6 nitrogen and oxygen atoms in total. The average Bonchev–Trinajstić information content (AvgIpc) is 2.44. The third-order valence-electron chi connectivity index (χ3n) is 1.79. The number of nitrogens with zero attached hydrogens (tertiary/aromatic N) is 1. The molecule has 0 aromatic carbocycles. The quantitative estimate of drug-likeness (QED) is 0.668. The van der Waals surface area contributed by atoms with Gasteiger partial charge in [0, 0.05) is 6.54 Å². The molecule has 78 valence electrons. The summed E-state index contributed by atoms with van der Waals surface area (Å²) in [6.45, 7) is 4.13. The molecule has 0 aliphatic rings. The van der Waals surface area contributed by atoms with E-state index < -0.39 is 11.5 Å². The van der Waals surface area contributed by atoms with E-state index in [0.717, 1.165) is 0 Å². The molecule has 1 aromatic heterocycles. The highest BCUT2D eigenvalue weighted by molar-refractivity contribution is 5.92. The van der Waals surface area contributed by atoms with Crippen molar-refractivity contribution in [3.8, 4) is 0 Å². The zero-order valence-electron chi connectivity index (χ0n) is 8.16. The molecular weight excluding hydrogens is 186 g/mol. The molecule has 14 heavy (non-hydrogen) atoms. The SMILES string of the molecule is CCOC(=O)c1[nH]n(CC)c(=O)c1N. The second kappa shape index (κ2) is 3.99. The molecule has 0 aliphatic heterocycles. The minimum Gasteiger partial charge on any atom is -0.461 e. The first-order valence-electron chi connectivity index (χ1n) is 4.37. The molecule has 0 fully saturated rings. The maximum Gasteiger partial charge on any atom is 0.358 e. The van der Waals surface area contributed by atoms with Gasteiger partial charge in [0.25, 0.3) is 5.56 Å². The van der Waals surface area contributed by atoms with Crippen molar-refractivity contribution in [1.29, 1.82) is 0 Å². The van der Waals surface area contributed by atoms with Crippen LogP contribution in [0, 0.1) is 0 Å². The summed E-state index contributed by atoms with van der Waals surface area (Å²) in [4.78, 5) is 22.6. The Bertz CT molecular complexity index is 391. The fourth-order valence-electron chi connectivity index (χ4n) is 1.08. The van der Waals surface area contributed by atoms with Crippen molar-refractivity contribution in [2.24, 2.45) is 0 Å². The summed E-state index contributed by atoms with van der Waals surface area (Å²) < 4.78 is 5.97. The van der Waals surface area contributed by atoms with Crippen molar-refractivity contribution in [1.82, 2.24) is 9.78 Å². The van der Waals surface area contributed by atoms with Crippen molar-refractivity contribution < 1.29 is 9.53 Å². The largest absolute Gasteiger partial charge is 0.461 e. The lowest BCUT2D eigenvalue weighted by atomic mass is 10.4. The van der Waals surface area contributed by atoms with E-state index in [1.807, 2.05) is 0 Å². The molecule has 1 aromatic rings. The van der Waals surface area contributed by atoms with Crippen LogP contribution in [0.15, 0.2) is 4.79 Å². The molecule has 0 amide bonds. The maximum absolute atomic E-state index is 11.3. The van der Waals surface area contributed by atoms with Crippen molar-refractivity contribution in [3.05, 3.63) is 16.0 Å². The van der Waals surface area contributed by atoms with Gasteiger partial charge in [-0.1, -0.05) is 0 Å². The third kappa shape index (κ3) is 1.63. The van der Waals surface area contributed by atoms with Crippen LogP contribution in [0.25, 0.3) is 0 Å². The van der Waals surface area contributed by atoms with Gasteiger partial charge < -0.3 is 10.5 Å². The highest BCUT2D eigenvalue weighted by Crippen LogP contribution is 2.04. The molecule has 0 aliphatic carbocycles. The second-order valence-corrected chi connectivity index (χ2v) is 2.67. The fraction of sp³-hybridized carbons (Fsp3) is 0.500. The van der Waals surface area contributed by atoms with Crippen LogP contribution in [0.4, 0.5) is 5.69 Å². The first-order chi connectivity index (χ1) is 6.61. The van der Waals surface area contributed by atoms with Crippen LogP contribution >= 0.6 is 0 Å². The Hall–Kier alpha value is -1.72. The van der Waals surface area contributed by atoms with Gasteiger partial charge in [-0.2, -0.15) is 0 Å². The van der Waals surface area contributed by atoms with Crippen molar-refractivity contribution in [3.63, 3.8) is 0 Å². The van der Waals surface area contributed by atoms with E-state index >= 15 is 0 Å². The number of ether oxygens (including phenoxy) is 1. The second-order valence-electron chi connectivity index (χ2n) is 2.67. The molecule has 0 unspecified atom stereocenters. The molecule has 0 saturated carbocycles. The molecule has 1 heterocycles. The highest BCUT2D eigenvalue weighted by atomic mass is 16.5. The predicted molar refractivity (Wildman–Crippen MR) is 51.1 cm³/mol. The van der Waals surface area contributed by atoms with Crippen LogP contribution in [0.2, 0.25) is 0 Å². The summed E-state index contributed by atoms with van der Waals surface area (Å²) in [6.07, 6.45) is 0. The van der Waals surface area contributed by atoms with E-state index in [9.17, 15) is 9.59 Å². The van der Waals surface area contributed by atoms with E-state index in [1.54, 1.807) is 13.8 Å². The molecule has 0 bridgehead atoms. The number of rotatable bonds is 3. The van der Waals surface area contributed by atoms with Gasteiger partial charge in [-0.3, -0.25) is 14.6 Å². The Labute approximate surface area is 80.6 Å². The van der Waals surface area contributed by atoms with Gasteiger partial charge in [0.15, 0.2) is 5.69 Å². The number of aryl methyl sites for hydroxylation is 1. The van der Waals surface area contributed by atoms with Crippen LogP contribution in [0.5, 0.6) is 0 Å². The van der Waals surface area contributed by atoms with Crippen LogP contribution in [0.1, 0.15) is 24.3 Å². The number of esters is 1. The van der Waals surface area contributed by atoms with Gasteiger partial charge in [-0.05, 0) is 13.8 Å². The van der Waals surface area contributed by atoms with E-state index in [-0.39, 0.29) is 18.0 Å². The third-order valence-corrected chi connectivity index (χ3v) is 1.79. The number of anilines is 1. The lowest BCUT2D eigenvalue weighted by molar-refractivity contribution is 0.0519. The van der Waals surface area contributed by atoms with Crippen LogP contribution < -0.4 is 11.3 Å². The maximum atomic E-state index is 11.3. The van der Waals surface area contributed by atoms with E-state index in [4.69, 9.17) is 10.5 Å². The number of hydrogen-bond donors (Lipinski definition) is 2. The van der Waals surface area contributed by atoms with Crippen molar-refractivity contribution in [2.75, 3.05) is 12.3 Å². The smallest absolute Gasteiger partial charge is 0.358 e. The number of carbonyl (C=O) groups excluding carboxylic acids is 1. The van der Waals surface area contributed by atoms with Crippen LogP contribution in [-0.2, 0) is 11.3 Å². The number of aromatic amines is 1. The Kier molecular flexibility index (Phi) is 2.95. The number of carbonyl (C=O) groups is 1. The molecular formula is C8H13N3O3. The number of nitrogens with two attached hydrogens (primary N) is 1. The van der Waals surface area contributed by atoms with Gasteiger partial charge in [0.2, 0.25) is 0 Å². The summed E-state index contributed by atoms with van der Waals surface area (Å²) in [6, 6.07) is 0. The van der Waals surface area contributed by atoms with Gasteiger partial charge in [-0.25, -0.2) is 4.79 Å². The summed E-state index contributed by atoms with van der Waals surface area (Å²) in [5.74, 6) is -0.602. The highest BCUT2D eigenvalue weighted by Gasteiger charge is 2.17. The summed E-state index contributed by atoms with van der Waals surface area (Å²) in [5, 5.41) is 2.59. The summed E-state index contributed by atoms with van der Waals surface area (Å²) in [7, 11) is 0. The van der Waals surface area contributed by atoms with Gasteiger partial charge in [0.05, 0.1) is 6.61 Å². The first-order valence-corrected chi connectivity index (χ1v) is 4.37. The zero-order valence-corrected chi connectivity index (χ0v) is 8.16. The minimum absolute atomic E-state index is 0.0266. The fourth-order valence-corrected chi connectivity index (χ4v) is 1.08. The van der Waals surface area contributed by atoms with E-state index in [2.05, 4.69) is 5.10 Å². The van der Waals surface area contributed by atoms with Crippen LogP contribution in [-0.4, -0.2) is 22.4 Å². The van der Waals surface area contributed by atoms with Crippen LogP contribution in [0.3, 0.4) is 0 Å². The lowest BCUT2D eigenvalue weighted by Crippen LogP contribution is -2.17. The Morgan fingerprint density at radius 3 is 2.64 bits per heavy atom. The van der Waals surface area contributed by atoms with E-state index in [0.29, 0.717) is 6.54 Å². The van der Waals surface area contributed by atoms with Crippen molar-refractivity contribution in [2.45, 2.75) is 20.4 Å². The van der Waals surface area contributed by atoms with Gasteiger partial charge >= 0.3 is 5.97 Å². The minimum atomic E-state index is -0.602. The number of nitrogen functional groups attached to an aromatic ring is 1. The molecule has 6 heteroatoms. The Morgan fingerprint density at radius 1 is 1.57 bits per heavy atom. The number of nitrogens with one attached hydrogen (secondary N) is 1. The molecule has 0 spiro atoms. The lowest BCUT2D eigenvalue weighted by Gasteiger charge is -1.98. The zero-order chi connectivity index (χ0) is 10.7. The van der Waals surface area contributed by atoms with E-state index in [1.165, 1.54) is 4.68 Å². The average molecular weight is 199 g/mol. The molecule has 0 saturated heterocycles. The number of hydrogen-bond acceptors (Lipinski definition) is 4. The normalized spacial score (nSPS) is 10.1. The molecule has 0 radical (unpaired) electrons. The van der Waals surface area contributed by atoms with Gasteiger partial charge in [-0.15, -0.1) is 0 Å². The number of aromatic nitrogens is 2. The van der Waals surface area contributed by atoms with Crippen molar-refractivity contribution >= 4 is 11.7 Å². The standard InChI is InChI=1S/C8H13N3O3/c1-3-11-7(12)5(9)6(10-11)8(13)14-4-2/h10H,3-4,9H2,1-2H3. The molecule has 1 rings (SSSR count). The molecule has 0 atom stereocenters. The summed E-state index contributed by atoms with van der Waals surface area (Å²) in [5.41, 5.74) is 4.99.